The van der Waals surface area contributed by atoms with Gasteiger partial charge in [-0.2, -0.15) is 0 Å². The molecule has 0 aromatic heterocycles. The molecule has 0 heterocycles. The summed E-state index contributed by atoms with van der Waals surface area (Å²) >= 11 is 0. The summed E-state index contributed by atoms with van der Waals surface area (Å²) in [6.45, 7) is 4.82. The van der Waals surface area contributed by atoms with E-state index in [4.69, 9.17) is 0 Å². The van der Waals surface area contributed by atoms with Gasteiger partial charge in [-0.25, -0.2) is 0 Å². The summed E-state index contributed by atoms with van der Waals surface area (Å²) in [6.07, 6.45) is 8.21. The highest BCUT2D eigenvalue weighted by Gasteiger charge is 2.16. The number of unbranched alkanes of at least 4 members (excludes halogenated alkanes) is 5. The molecular formula is C26H42N2+2. The Bertz CT molecular complexity index is 587. The van der Waals surface area contributed by atoms with E-state index in [-0.39, 0.29) is 0 Å². The first kappa shape index (κ1) is 22.6. The van der Waals surface area contributed by atoms with Crippen LogP contribution in [0.5, 0.6) is 0 Å². The van der Waals surface area contributed by atoms with E-state index in [1.165, 1.54) is 62.7 Å². The molecule has 0 radical (unpaired) electrons. The SMILES string of the molecule is C[N+](C)(CCCCCCCC[N+](C)(C)Cc1ccccc1)Cc1ccccc1. The van der Waals surface area contributed by atoms with Gasteiger partial charge in [-0.05, 0) is 25.7 Å². The Morgan fingerprint density at radius 3 is 1.14 bits per heavy atom. The molecule has 2 aromatic carbocycles. The van der Waals surface area contributed by atoms with Crippen LogP contribution < -0.4 is 0 Å². The highest BCUT2D eigenvalue weighted by atomic mass is 15.3. The lowest BCUT2D eigenvalue weighted by Crippen LogP contribution is -2.39. The lowest BCUT2D eigenvalue weighted by Gasteiger charge is -2.30. The summed E-state index contributed by atoms with van der Waals surface area (Å²) in [6, 6.07) is 21.8. The number of rotatable bonds is 13. The van der Waals surface area contributed by atoms with E-state index >= 15 is 0 Å². The van der Waals surface area contributed by atoms with E-state index in [2.05, 4.69) is 88.9 Å². The van der Waals surface area contributed by atoms with Gasteiger partial charge in [-0.3, -0.25) is 0 Å². The van der Waals surface area contributed by atoms with Crippen LogP contribution in [0.15, 0.2) is 60.7 Å². The van der Waals surface area contributed by atoms with Crippen molar-refractivity contribution >= 4 is 0 Å². The van der Waals surface area contributed by atoms with Crippen molar-refractivity contribution in [2.75, 3.05) is 41.3 Å². The molecule has 0 saturated heterocycles. The Morgan fingerprint density at radius 2 is 0.786 bits per heavy atom. The maximum Gasteiger partial charge on any atom is 0.104 e. The predicted molar refractivity (Wildman–Crippen MR) is 122 cm³/mol. The van der Waals surface area contributed by atoms with Gasteiger partial charge in [0, 0.05) is 11.1 Å². The molecule has 2 rings (SSSR count). The molecule has 154 valence electrons. The van der Waals surface area contributed by atoms with Gasteiger partial charge in [0.2, 0.25) is 0 Å². The Morgan fingerprint density at radius 1 is 0.464 bits per heavy atom. The van der Waals surface area contributed by atoms with Gasteiger partial charge >= 0.3 is 0 Å². The number of quaternary nitrogens is 2. The van der Waals surface area contributed by atoms with Crippen molar-refractivity contribution in [1.29, 1.82) is 0 Å². The molecule has 0 aliphatic heterocycles. The average Bonchev–Trinajstić information content (AvgIpc) is 2.64. The van der Waals surface area contributed by atoms with Crippen LogP contribution in [0.1, 0.15) is 49.7 Å². The Hall–Kier alpha value is -1.64. The minimum atomic E-state index is 1.09. The molecule has 0 saturated carbocycles. The third-order valence-corrected chi connectivity index (χ3v) is 5.68. The monoisotopic (exact) mass is 382 g/mol. The molecule has 0 fully saturated rings. The van der Waals surface area contributed by atoms with Crippen LogP contribution in [-0.2, 0) is 13.1 Å². The molecule has 0 amide bonds. The van der Waals surface area contributed by atoms with Crippen molar-refractivity contribution in [3.63, 3.8) is 0 Å². The number of benzene rings is 2. The van der Waals surface area contributed by atoms with Gasteiger partial charge in [0.1, 0.15) is 13.1 Å². The first-order valence-corrected chi connectivity index (χ1v) is 11.1. The third-order valence-electron chi connectivity index (χ3n) is 5.68. The normalized spacial score (nSPS) is 12.3. The standard InChI is InChI=1S/C26H42N2/c1-27(2,23-25-17-11-9-12-18-25)21-15-7-5-6-8-16-22-28(3,4)24-26-19-13-10-14-20-26/h9-14,17-20H,5-8,15-16,21-24H2,1-4H3/q+2. The van der Waals surface area contributed by atoms with Crippen LogP contribution in [0.3, 0.4) is 0 Å². The van der Waals surface area contributed by atoms with Crippen molar-refractivity contribution in [3.8, 4) is 0 Å². The minimum absolute atomic E-state index is 1.09. The summed E-state index contributed by atoms with van der Waals surface area (Å²) < 4.78 is 2.18. The molecule has 0 spiro atoms. The van der Waals surface area contributed by atoms with Gasteiger partial charge < -0.3 is 8.97 Å². The Labute approximate surface area is 174 Å². The highest BCUT2D eigenvalue weighted by molar-refractivity contribution is 5.14. The lowest BCUT2D eigenvalue weighted by molar-refractivity contribution is -0.903. The maximum absolute atomic E-state index is 2.36. The first-order valence-electron chi connectivity index (χ1n) is 11.1. The van der Waals surface area contributed by atoms with E-state index < -0.39 is 0 Å². The summed E-state index contributed by atoms with van der Waals surface area (Å²) in [4.78, 5) is 0. The van der Waals surface area contributed by atoms with Gasteiger partial charge in [0.05, 0.1) is 41.3 Å². The summed E-state index contributed by atoms with van der Waals surface area (Å²) in [5.41, 5.74) is 2.90. The molecule has 28 heavy (non-hydrogen) atoms. The zero-order chi connectivity index (χ0) is 20.3. The average molecular weight is 383 g/mol. The minimum Gasteiger partial charge on any atom is -0.325 e. The van der Waals surface area contributed by atoms with Crippen LogP contribution in [0, 0.1) is 0 Å². The summed E-state index contributed by atoms with van der Waals surface area (Å²) in [7, 11) is 9.44. The second kappa shape index (κ2) is 11.4. The van der Waals surface area contributed by atoms with Crippen LogP contribution in [0.2, 0.25) is 0 Å². The van der Waals surface area contributed by atoms with Crippen molar-refractivity contribution in [1.82, 2.24) is 0 Å². The molecular weight excluding hydrogens is 340 g/mol. The zero-order valence-corrected chi connectivity index (χ0v) is 18.7. The van der Waals surface area contributed by atoms with Crippen LogP contribution in [0.25, 0.3) is 0 Å². The topological polar surface area (TPSA) is 0 Å². The van der Waals surface area contributed by atoms with Gasteiger partial charge in [-0.1, -0.05) is 73.5 Å². The second-order valence-electron chi connectivity index (χ2n) is 9.73. The molecule has 2 heteroatoms. The van der Waals surface area contributed by atoms with Gasteiger partial charge in [-0.15, -0.1) is 0 Å². The van der Waals surface area contributed by atoms with E-state index in [0.29, 0.717) is 0 Å². The zero-order valence-electron chi connectivity index (χ0n) is 18.7. The number of hydrogen-bond acceptors (Lipinski definition) is 0. The molecule has 0 unspecified atom stereocenters. The number of hydrogen-bond donors (Lipinski definition) is 0. The summed E-state index contributed by atoms with van der Waals surface area (Å²) in [5.74, 6) is 0. The second-order valence-corrected chi connectivity index (χ2v) is 9.73. The molecule has 0 bridgehead atoms. The van der Waals surface area contributed by atoms with Crippen molar-refractivity contribution in [2.45, 2.75) is 51.6 Å². The van der Waals surface area contributed by atoms with Crippen LogP contribution >= 0.6 is 0 Å². The van der Waals surface area contributed by atoms with Crippen molar-refractivity contribution in [3.05, 3.63) is 71.8 Å². The van der Waals surface area contributed by atoms with Crippen LogP contribution in [-0.4, -0.2) is 50.2 Å². The third kappa shape index (κ3) is 9.52. The van der Waals surface area contributed by atoms with E-state index in [1.807, 2.05) is 0 Å². The van der Waals surface area contributed by atoms with E-state index in [0.717, 1.165) is 22.1 Å². The molecule has 0 aliphatic carbocycles. The van der Waals surface area contributed by atoms with Gasteiger partial charge in [0.25, 0.3) is 0 Å². The highest BCUT2D eigenvalue weighted by Crippen LogP contribution is 2.14. The largest absolute Gasteiger partial charge is 0.325 e. The molecule has 2 nitrogen and oxygen atoms in total. The molecule has 2 aromatic rings. The van der Waals surface area contributed by atoms with E-state index in [1.54, 1.807) is 0 Å². The smallest absolute Gasteiger partial charge is 0.104 e. The fraction of sp³-hybridized carbons (Fsp3) is 0.538. The molecule has 0 atom stereocenters. The van der Waals surface area contributed by atoms with Crippen LogP contribution in [0.4, 0.5) is 0 Å². The molecule has 0 N–H and O–H groups in total. The van der Waals surface area contributed by atoms with Crippen molar-refractivity contribution in [2.24, 2.45) is 0 Å². The first-order chi connectivity index (χ1) is 13.4. The fourth-order valence-electron chi connectivity index (χ4n) is 4.10. The van der Waals surface area contributed by atoms with Gasteiger partial charge in [0.15, 0.2) is 0 Å². The quantitative estimate of drug-likeness (QED) is 0.300. The predicted octanol–water partition coefficient (Wildman–Crippen LogP) is 5.88. The Balaban J connectivity index is 1.52. The van der Waals surface area contributed by atoms with E-state index in [9.17, 15) is 0 Å². The summed E-state index contributed by atoms with van der Waals surface area (Å²) in [5, 5.41) is 0. The fourth-order valence-corrected chi connectivity index (χ4v) is 4.10. The lowest BCUT2D eigenvalue weighted by atomic mass is 10.1. The Kier molecular flexibility index (Phi) is 9.21. The maximum atomic E-state index is 2.36. The van der Waals surface area contributed by atoms with Crippen molar-refractivity contribution < 1.29 is 8.97 Å². The molecule has 0 aliphatic rings. The number of nitrogens with zero attached hydrogens (tertiary/aromatic N) is 2.